The summed E-state index contributed by atoms with van der Waals surface area (Å²) in [4.78, 5) is 14.6. The Balaban J connectivity index is 1.68. The summed E-state index contributed by atoms with van der Waals surface area (Å²) >= 11 is 6.02. The van der Waals surface area contributed by atoms with Gasteiger partial charge < -0.3 is 4.90 Å². The van der Waals surface area contributed by atoms with Crippen molar-refractivity contribution < 1.29 is 13.2 Å². The van der Waals surface area contributed by atoms with Gasteiger partial charge >= 0.3 is 0 Å². The second-order valence-corrected chi connectivity index (χ2v) is 8.98. The van der Waals surface area contributed by atoms with Crippen LogP contribution < -0.4 is 0 Å². The third kappa shape index (κ3) is 3.61. The average molecular weight is 415 g/mol. The van der Waals surface area contributed by atoms with Gasteiger partial charge in [0.1, 0.15) is 10.9 Å². The molecule has 11 heteroatoms. The molecule has 0 N–H and O–H groups in total. The number of halogens is 1. The van der Waals surface area contributed by atoms with E-state index in [4.69, 9.17) is 11.6 Å². The van der Waals surface area contributed by atoms with Crippen LogP contribution in [-0.4, -0.2) is 69.3 Å². The molecule has 0 aliphatic carbocycles. The highest BCUT2D eigenvalue weighted by Crippen LogP contribution is 2.22. The maximum absolute atomic E-state index is 12.8. The van der Waals surface area contributed by atoms with Gasteiger partial charge in [0.15, 0.2) is 0 Å². The Bertz CT molecular complexity index is 939. The summed E-state index contributed by atoms with van der Waals surface area (Å²) in [6.07, 6.45) is 3.00. The number of aryl methyl sites for hydroxylation is 2. The van der Waals surface area contributed by atoms with Crippen LogP contribution in [0.3, 0.4) is 0 Å². The predicted octanol–water partition coefficient (Wildman–Crippen LogP) is 0.981. The van der Waals surface area contributed by atoms with Gasteiger partial charge in [-0.25, -0.2) is 8.42 Å². The van der Waals surface area contributed by atoms with E-state index in [0.717, 1.165) is 0 Å². The van der Waals surface area contributed by atoms with Gasteiger partial charge in [-0.15, -0.1) is 0 Å². The van der Waals surface area contributed by atoms with E-state index >= 15 is 0 Å². The molecule has 1 saturated heterocycles. The molecule has 27 heavy (non-hydrogen) atoms. The van der Waals surface area contributed by atoms with Crippen molar-refractivity contribution in [3.8, 4) is 0 Å². The lowest BCUT2D eigenvalue weighted by Gasteiger charge is -2.35. The summed E-state index contributed by atoms with van der Waals surface area (Å²) in [5, 5.41) is 8.78. The minimum Gasteiger partial charge on any atom is -0.338 e. The first-order valence-electron chi connectivity index (χ1n) is 8.61. The third-order valence-electron chi connectivity index (χ3n) is 4.97. The maximum atomic E-state index is 12.8. The molecule has 0 aromatic carbocycles. The number of nitrogens with zero attached hydrogens (tertiary/aromatic N) is 6. The fourth-order valence-electron chi connectivity index (χ4n) is 3.05. The molecule has 1 amide bonds. The van der Waals surface area contributed by atoms with Crippen molar-refractivity contribution in [2.24, 2.45) is 7.05 Å². The van der Waals surface area contributed by atoms with Gasteiger partial charge in [-0.05, 0) is 20.8 Å². The van der Waals surface area contributed by atoms with Gasteiger partial charge in [-0.3, -0.25) is 14.2 Å². The lowest BCUT2D eigenvalue weighted by molar-refractivity contribution is -0.135. The molecule has 3 heterocycles. The Morgan fingerprint density at radius 3 is 2.33 bits per heavy atom. The van der Waals surface area contributed by atoms with E-state index in [-0.39, 0.29) is 23.9 Å². The highest BCUT2D eigenvalue weighted by atomic mass is 35.5. The Labute approximate surface area is 163 Å². The Hall–Kier alpha value is -1.91. The predicted molar refractivity (Wildman–Crippen MR) is 100.0 cm³/mol. The minimum atomic E-state index is -3.62. The number of piperazine rings is 1. The lowest BCUT2D eigenvalue weighted by Crippen LogP contribution is -2.51. The number of hydrogen-bond donors (Lipinski definition) is 0. The number of sulfonamides is 1. The molecule has 0 spiro atoms. The molecular formula is C16H23ClN6O3S. The summed E-state index contributed by atoms with van der Waals surface area (Å²) in [6, 6.07) is -0.500. The summed E-state index contributed by atoms with van der Waals surface area (Å²) in [5.41, 5.74) is 1.26. The fraction of sp³-hybridized carbons (Fsp3) is 0.562. The molecule has 2 aromatic rings. The lowest BCUT2D eigenvalue weighted by atomic mass is 10.2. The van der Waals surface area contributed by atoms with Gasteiger partial charge in [-0.2, -0.15) is 14.5 Å². The van der Waals surface area contributed by atoms with E-state index in [9.17, 15) is 13.2 Å². The summed E-state index contributed by atoms with van der Waals surface area (Å²) in [7, 11) is -1.91. The van der Waals surface area contributed by atoms with Crippen LogP contribution in [0.4, 0.5) is 0 Å². The van der Waals surface area contributed by atoms with Crippen molar-refractivity contribution in [1.82, 2.24) is 28.8 Å². The van der Waals surface area contributed by atoms with Crippen LogP contribution in [0.2, 0.25) is 5.02 Å². The highest BCUT2D eigenvalue weighted by molar-refractivity contribution is 7.89. The quantitative estimate of drug-likeness (QED) is 0.743. The standard InChI is InChI=1S/C16H23ClN6O3S/c1-11-14(17)10-23(19-11)13(3)16(24)21-5-7-22(8-6-21)27(25,26)15-9-18-20(4)12(15)2/h9-10,13H,5-8H2,1-4H3. The molecular weight excluding hydrogens is 392 g/mol. The van der Waals surface area contributed by atoms with Crippen LogP contribution in [0.1, 0.15) is 24.4 Å². The first-order chi connectivity index (χ1) is 12.6. The maximum Gasteiger partial charge on any atom is 0.247 e. The van der Waals surface area contributed by atoms with E-state index in [1.54, 1.807) is 43.6 Å². The monoisotopic (exact) mass is 414 g/mol. The molecule has 0 radical (unpaired) electrons. The zero-order chi connectivity index (χ0) is 19.9. The van der Waals surface area contributed by atoms with Crippen LogP contribution in [0.15, 0.2) is 17.3 Å². The molecule has 148 valence electrons. The molecule has 1 atom stereocenters. The highest BCUT2D eigenvalue weighted by Gasteiger charge is 2.33. The van der Waals surface area contributed by atoms with E-state index in [0.29, 0.717) is 29.5 Å². The molecule has 1 unspecified atom stereocenters. The van der Waals surface area contributed by atoms with Crippen LogP contribution in [-0.2, 0) is 21.9 Å². The minimum absolute atomic E-state index is 0.108. The Kier molecular flexibility index (Phi) is 5.33. The summed E-state index contributed by atoms with van der Waals surface area (Å²) < 4.78 is 30.1. The van der Waals surface area contributed by atoms with E-state index in [1.807, 2.05) is 0 Å². The third-order valence-corrected chi connectivity index (χ3v) is 7.34. The van der Waals surface area contributed by atoms with Crippen molar-refractivity contribution in [2.75, 3.05) is 26.2 Å². The largest absolute Gasteiger partial charge is 0.338 e. The van der Waals surface area contributed by atoms with Crippen LogP contribution in [0.5, 0.6) is 0 Å². The zero-order valence-electron chi connectivity index (χ0n) is 15.8. The fourth-order valence-corrected chi connectivity index (χ4v) is 4.80. The van der Waals surface area contributed by atoms with Crippen LogP contribution in [0.25, 0.3) is 0 Å². The summed E-state index contributed by atoms with van der Waals surface area (Å²) in [6.45, 7) is 6.40. The van der Waals surface area contributed by atoms with Gasteiger partial charge in [0.25, 0.3) is 0 Å². The molecule has 0 saturated carbocycles. The Morgan fingerprint density at radius 1 is 1.22 bits per heavy atom. The van der Waals surface area contributed by atoms with E-state index in [1.165, 1.54) is 15.2 Å². The normalized spacial score (nSPS) is 17.3. The molecule has 1 aliphatic heterocycles. The number of hydrogen-bond acceptors (Lipinski definition) is 5. The second-order valence-electron chi connectivity index (χ2n) is 6.67. The first-order valence-corrected chi connectivity index (χ1v) is 10.4. The van der Waals surface area contributed by atoms with Gasteiger partial charge in [0.05, 0.1) is 22.6 Å². The van der Waals surface area contributed by atoms with Gasteiger partial charge in [0.2, 0.25) is 15.9 Å². The molecule has 9 nitrogen and oxygen atoms in total. The average Bonchev–Trinajstić information content (AvgIpc) is 3.16. The molecule has 3 rings (SSSR count). The number of carbonyl (C=O) groups is 1. The van der Waals surface area contributed by atoms with Gasteiger partial charge in [0, 0.05) is 39.4 Å². The van der Waals surface area contributed by atoms with Crippen molar-refractivity contribution in [3.05, 3.63) is 28.8 Å². The Morgan fingerprint density at radius 2 is 1.85 bits per heavy atom. The smallest absolute Gasteiger partial charge is 0.247 e. The molecule has 0 bridgehead atoms. The van der Waals surface area contributed by atoms with Crippen LogP contribution >= 0.6 is 11.6 Å². The second kappa shape index (κ2) is 7.25. The molecule has 1 fully saturated rings. The van der Waals surface area contributed by atoms with E-state index < -0.39 is 16.1 Å². The molecule has 1 aliphatic rings. The van der Waals surface area contributed by atoms with Crippen molar-refractivity contribution in [2.45, 2.75) is 31.7 Å². The molecule has 2 aromatic heterocycles. The van der Waals surface area contributed by atoms with Gasteiger partial charge in [-0.1, -0.05) is 11.6 Å². The van der Waals surface area contributed by atoms with Crippen LogP contribution in [0, 0.1) is 13.8 Å². The topological polar surface area (TPSA) is 93.3 Å². The summed E-state index contributed by atoms with van der Waals surface area (Å²) in [5.74, 6) is -0.108. The zero-order valence-corrected chi connectivity index (χ0v) is 17.3. The van der Waals surface area contributed by atoms with Crippen molar-refractivity contribution in [1.29, 1.82) is 0 Å². The van der Waals surface area contributed by atoms with E-state index in [2.05, 4.69) is 10.2 Å². The van der Waals surface area contributed by atoms with Crippen molar-refractivity contribution >= 4 is 27.5 Å². The number of aromatic nitrogens is 4. The number of rotatable bonds is 4. The van der Waals surface area contributed by atoms with Crippen molar-refractivity contribution in [3.63, 3.8) is 0 Å². The SMILES string of the molecule is Cc1nn(C(C)C(=O)N2CCN(S(=O)(=O)c3cnn(C)c3C)CC2)cc1Cl. The first kappa shape index (κ1) is 19.8. The number of amides is 1. The number of carbonyl (C=O) groups excluding carboxylic acids is 1.